The number of carbonyl (C=O) groups excluding carboxylic acids is 1. The second kappa shape index (κ2) is 9.84. The molecule has 0 spiro atoms. The molecule has 0 saturated heterocycles. The van der Waals surface area contributed by atoms with Crippen molar-refractivity contribution in [1.29, 1.82) is 0 Å². The van der Waals surface area contributed by atoms with Gasteiger partial charge < -0.3 is 5.32 Å². The Kier molecular flexibility index (Phi) is 7.11. The predicted molar refractivity (Wildman–Crippen MR) is 132 cm³/mol. The SMILES string of the molecule is [C-]#[N+]c1c(C(=O)N[C@H](C)C2CCCCC2)nn(-c2ccc(Cl)cc2Cl)c1-c1ccc(Cl)s1. The van der Waals surface area contributed by atoms with Crippen LogP contribution in [0.4, 0.5) is 5.69 Å². The molecule has 2 aromatic heterocycles. The maximum absolute atomic E-state index is 13.2. The van der Waals surface area contributed by atoms with Crippen LogP contribution in [0.5, 0.6) is 0 Å². The van der Waals surface area contributed by atoms with Gasteiger partial charge in [0.2, 0.25) is 5.69 Å². The van der Waals surface area contributed by atoms with E-state index in [9.17, 15) is 4.79 Å². The van der Waals surface area contributed by atoms with E-state index in [0.717, 1.165) is 17.7 Å². The van der Waals surface area contributed by atoms with Crippen molar-refractivity contribution in [2.75, 3.05) is 0 Å². The zero-order valence-electron chi connectivity index (χ0n) is 17.4. The third-order valence-corrected chi connectivity index (χ3v) is 7.62. The largest absolute Gasteiger partial charge is 0.349 e. The lowest BCUT2D eigenvalue weighted by Gasteiger charge is -2.28. The minimum atomic E-state index is -0.359. The fraction of sp³-hybridized carbons (Fsp3) is 0.348. The number of carbonyl (C=O) groups is 1. The Morgan fingerprint density at radius 2 is 1.97 bits per heavy atom. The molecule has 1 aromatic carbocycles. The number of rotatable bonds is 5. The normalized spacial score (nSPS) is 15.3. The molecule has 1 aliphatic carbocycles. The molecule has 0 unspecified atom stereocenters. The molecule has 1 N–H and O–H groups in total. The summed E-state index contributed by atoms with van der Waals surface area (Å²) in [6, 6.07) is 8.58. The van der Waals surface area contributed by atoms with Gasteiger partial charge in [0.05, 0.1) is 27.3 Å². The smallest absolute Gasteiger partial charge is 0.261 e. The Balaban J connectivity index is 1.78. The molecule has 3 aromatic rings. The average Bonchev–Trinajstić information content (AvgIpc) is 3.37. The lowest BCUT2D eigenvalue weighted by atomic mass is 9.84. The molecule has 2 heterocycles. The standard InChI is InChI=1S/C23H21Cl3N4OS/c1-13(14-6-4-3-5-7-14)28-23(31)21-20(27-2)22(18-10-11-19(26)32-18)30(29-21)17-9-8-15(24)12-16(17)25/h8-14H,3-7H2,1H3,(H,28,31)/t13-/m1/s1. The zero-order valence-corrected chi connectivity index (χ0v) is 20.5. The van der Waals surface area contributed by atoms with Gasteiger partial charge in [-0.1, -0.05) is 54.1 Å². The maximum atomic E-state index is 13.2. The molecule has 1 fully saturated rings. The monoisotopic (exact) mass is 506 g/mol. The minimum absolute atomic E-state index is 0.00489. The molecule has 4 rings (SSSR count). The van der Waals surface area contributed by atoms with Crippen LogP contribution in [0.1, 0.15) is 49.5 Å². The summed E-state index contributed by atoms with van der Waals surface area (Å²) < 4.78 is 2.11. The highest BCUT2D eigenvalue weighted by Crippen LogP contribution is 2.41. The number of nitrogens with zero attached hydrogens (tertiary/aromatic N) is 3. The molecular formula is C23H21Cl3N4OS. The first-order valence-electron chi connectivity index (χ1n) is 10.4. The van der Waals surface area contributed by atoms with Gasteiger partial charge in [-0.2, -0.15) is 5.10 Å². The molecule has 1 aliphatic rings. The summed E-state index contributed by atoms with van der Waals surface area (Å²) in [5, 5.41) is 8.48. The molecule has 32 heavy (non-hydrogen) atoms. The lowest BCUT2D eigenvalue weighted by molar-refractivity contribution is 0.0914. The summed E-state index contributed by atoms with van der Waals surface area (Å²) in [4.78, 5) is 17.7. The highest BCUT2D eigenvalue weighted by atomic mass is 35.5. The van der Waals surface area contributed by atoms with Gasteiger partial charge in [0.25, 0.3) is 5.91 Å². The van der Waals surface area contributed by atoms with Crippen LogP contribution in [0.15, 0.2) is 30.3 Å². The summed E-state index contributed by atoms with van der Waals surface area (Å²) in [6.45, 7) is 9.85. The number of halogens is 3. The number of aromatic nitrogens is 2. The van der Waals surface area contributed by atoms with Crippen molar-refractivity contribution in [3.05, 3.63) is 61.8 Å². The average molecular weight is 508 g/mol. The Morgan fingerprint density at radius 1 is 1.22 bits per heavy atom. The Hall–Kier alpha value is -2.04. The first-order valence-corrected chi connectivity index (χ1v) is 12.4. The van der Waals surface area contributed by atoms with Gasteiger partial charge in [-0.3, -0.25) is 4.79 Å². The molecule has 1 saturated carbocycles. The van der Waals surface area contributed by atoms with E-state index in [2.05, 4.69) is 15.3 Å². The van der Waals surface area contributed by atoms with E-state index >= 15 is 0 Å². The van der Waals surface area contributed by atoms with Crippen LogP contribution in [-0.4, -0.2) is 21.7 Å². The molecule has 1 amide bonds. The van der Waals surface area contributed by atoms with Crippen LogP contribution in [0.2, 0.25) is 14.4 Å². The summed E-state index contributed by atoms with van der Waals surface area (Å²) in [6.07, 6.45) is 5.82. The Bertz CT molecular complexity index is 1190. The van der Waals surface area contributed by atoms with Crippen molar-refractivity contribution in [3.8, 4) is 16.3 Å². The Morgan fingerprint density at radius 3 is 2.59 bits per heavy atom. The summed E-state index contributed by atoms with van der Waals surface area (Å²) in [5.41, 5.74) is 1.26. The number of benzene rings is 1. The van der Waals surface area contributed by atoms with Gasteiger partial charge in [0, 0.05) is 15.9 Å². The molecule has 0 aliphatic heterocycles. The van der Waals surface area contributed by atoms with Crippen LogP contribution in [0, 0.1) is 12.5 Å². The van der Waals surface area contributed by atoms with Gasteiger partial charge in [-0.05, 0) is 56.0 Å². The Labute approximate surface area is 206 Å². The van der Waals surface area contributed by atoms with E-state index in [1.165, 1.54) is 35.3 Å². The first-order chi connectivity index (χ1) is 15.4. The second-order valence-electron chi connectivity index (χ2n) is 7.93. The highest BCUT2D eigenvalue weighted by molar-refractivity contribution is 7.19. The van der Waals surface area contributed by atoms with Gasteiger partial charge in [-0.25, -0.2) is 9.53 Å². The van der Waals surface area contributed by atoms with Crippen molar-refractivity contribution >= 4 is 57.7 Å². The van der Waals surface area contributed by atoms with Crippen LogP contribution >= 0.6 is 46.1 Å². The van der Waals surface area contributed by atoms with Crippen molar-refractivity contribution in [2.45, 2.75) is 45.1 Å². The van der Waals surface area contributed by atoms with Crippen molar-refractivity contribution in [3.63, 3.8) is 0 Å². The molecule has 166 valence electrons. The van der Waals surface area contributed by atoms with Crippen LogP contribution < -0.4 is 5.32 Å². The first kappa shape index (κ1) is 23.1. The van der Waals surface area contributed by atoms with E-state index in [-0.39, 0.29) is 23.3 Å². The molecule has 9 heteroatoms. The van der Waals surface area contributed by atoms with E-state index in [1.807, 2.05) is 13.0 Å². The van der Waals surface area contributed by atoms with E-state index in [0.29, 0.717) is 31.7 Å². The number of hydrogen-bond donors (Lipinski definition) is 1. The van der Waals surface area contributed by atoms with Crippen molar-refractivity contribution < 1.29 is 4.79 Å². The van der Waals surface area contributed by atoms with Crippen molar-refractivity contribution in [2.24, 2.45) is 5.92 Å². The summed E-state index contributed by atoms with van der Waals surface area (Å²) >= 11 is 20.0. The van der Waals surface area contributed by atoms with E-state index in [1.54, 1.807) is 24.3 Å². The van der Waals surface area contributed by atoms with Crippen LogP contribution in [0.25, 0.3) is 21.1 Å². The third-order valence-electron chi connectivity index (χ3n) is 5.85. The van der Waals surface area contributed by atoms with Gasteiger partial charge in [0.15, 0.2) is 5.69 Å². The predicted octanol–water partition coefficient (Wildman–Crippen LogP) is 7.81. The van der Waals surface area contributed by atoms with Gasteiger partial charge in [0.1, 0.15) is 0 Å². The van der Waals surface area contributed by atoms with Gasteiger partial charge in [-0.15, -0.1) is 11.3 Å². The molecule has 0 radical (unpaired) electrons. The number of amides is 1. The number of hydrogen-bond acceptors (Lipinski definition) is 3. The summed E-state index contributed by atoms with van der Waals surface area (Å²) in [7, 11) is 0. The topological polar surface area (TPSA) is 51.3 Å². The van der Waals surface area contributed by atoms with E-state index < -0.39 is 0 Å². The van der Waals surface area contributed by atoms with Gasteiger partial charge >= 0.3 is 0 Å². The highest BCUT2D eigenvalue weighted by Gasteiger charge is 2.29. The summed E-state index contributed by atoms with van der Waals surface area (Å²) in [5.74, 6) is 0.0780. The molecule has 0 bridgehead atoms. The fourth-order valence-corrected chi connectivity index (χ4v) is 5.75. The van der Waals surface area contributed by atoms with Crippen molar-refractivity contribution in [1.82, 2.24) is 15.1 Å². The third kappa shape index (κ3) is 4.67. The quantitative estimate of drug-likeness (QED) is 0.358. The molecule has 1 atom stereocenters. The maximum Gasteiger partial charge on any atom is 0.261 e. The second-order valence-corrected chi connectivity index (χ2v) is 10.5. The van der Waals surface area contributed by atoms with Crippen LogP contribution in [-0.2, 0) is 0 Å². The molecular weight excluding hydrogens is 487 g/mol. The molecule has 5 nitrogen and oxygen atoms in total. The number of nitrogens with one attached hydrogen (secondary N) is 1. The van der Waals surface area contributed by atoms with Crippen LogP contribution in [0.3, 0.4) is 0 Å². The zero-order chi connectivity index (χ0) is 22.8. The lowest BCUT2D eigenvalue weighted by Crippen LogP contribution is -2.39. The van der Waals surface area contributed by atoms with E-state index in [4.69, 9.17) is 41.4 Å². The fourth-order valence-electron chi connectivity index (χ4n) is 4.19. The number of thiophene rings is 1. The minimum Gasteiger partial charge on any atom is -0.349 e.